The molecular formula is C11H11MnO3. The van der Waals surface area contributed by atoms with Crippen molar-refractivity contribution in [1.29, 1.82) is 0 Å². The van der Waals surface area contributed by atoms with Crippen molar-refractivity contribution in [2.75, 3.05) is 0 Å². The van der Waals surface area contributed by atoms with Crippen LogP contribution in [0.4, 0.5) is 0 Å². The van der Waals surface area contributed by atoms with Gasteiger partial charge in [-0.1, -0.05) is 0 Å². The molecular weight excluding hydrogens is 235 g/mol. The molecule has 80 valence electrons. The fourth-order valence-electron chi connectivity index (χ4n) is 1.10. The average Bonchev–Trinajstić information content (AvgIpc) is 2.67. The summed E-state index contributed by atoms with van der Waals surface area (Å²) in [4.78, 5) is 22.5. The van der Waals surface area contributed by atoms with Crippen LogP contribution in [-0.2, 0) is 30.4 Å². The minimum atomic E-state index is 1.11. The van der Waals surface area contributed by atoms with Crippen LogP contribution in [0, 0.1) is 0 Å². The first-order valence-corrected chi connectivity index (χ1v) is 4.50. The molecule has 0 bridgehead atoms. The third-order valence-corrected chi connectivity index (χ3v) is 2.48. The molecule has 4 heteroatoms. The topological polar surface area (TPSA) is 51.2 Å². The van der Waals surface area contributed by atoms with E-state index in [1.165, 1.54) is 22.0 Å². The van der Waals surface area contributed by atoms with Gasteiger partial charge < -0.3 is 0 Å². The van der Waals surface area contributed by atoms with Gasteiger partial charge in [0.05, 0.1) is 0 Å². The zero-order chi connectivity index (χ0) is 12.9. The maximum Gasteiger partial charge on any atom is 0.281 e. The molecule has 0 aromatic heterocycles. The number of rotatable bonds is 1. The van der Waals surface area contributed by atoms with E-state index in [0.717, 1.165) is 6.42 Å². The van der Waals surface area contributed by atoms with E-state index in [9.17, 15) is 0 Å². The molecule has 0 fully saturated rings. The Labute approximate surface area is 99.4 Å². The van der Waals surface area contributed by atoms with Crippen LogP contribution in [0.2, 0.25) is 0 Å². The molecule has 1 rings (SSSR count). The summed E-state index contributed by atoms with van der Waals surface area (Å²) in [6, 6.07) is 0. The Morgan fingerprint density at radius 1 is 1.20 bits per heavy atom. The summed E-state index contributed by atoms with van der Waals surface area (Å²) in [5.74, 6) is 0. The third-order valence-electron chi connectivity index (χ3n) is 1.80. The van der Waals surface area contributed by atoms with Crippen LogP contribution in [-0.4, -0.2) is 20.4 Å². The first kappa shape index (κ1) is 19.6. The zero-order valence-electron chi connectivity index (χ0n) is 8.59. The summed E-state index contributed by atoms with van der Waals surface area (Å²) in [5.41, 5.74) is 2.94. The van der Waals surface area contributed by atoms with E-state index >= 15 is 0 Å². The molecule has 0 aromatic rings. The second-order valence-electron chi connectivity index (χ2n) is 2.32. The molecule has 0 N–H and O–H groups in total. The van der Waals surface area contributed by atoms with Gasteiger partial charge in [-0.2, -0.15) is 0 Å². The van der Waals surface area contributed by atoms with Gasteiger partial charge in [0.25, 0.3) is 20.4 Å². The van der Waals surface area contributed by atoms with Gasteiger partial charge in [0.1, 0.15) is 0 Å². The van der Waals surface area contributed by atoms with E-state index in [2.05, 4.69) is 56.3 Å². The summed E-state index contributed by atoms with van der Waals surface area (Å²) in [6.07, 6.45) is 4.56. The van der Waals surface area contributed by atoms with Crippen molar-refractivity contribution in [1.82, 2.24) is 0 Å². The van der Waals surface area contributed by atoms with Crippen molar-refractivity contribution < 1.29 is 30.4 Å². The van der Waals surface area contributed by atoms with Crippen LogP contribution in [0.3, 0.4) is 0 Å². The van der Waals surface area contributed by atoms with Crippen LogP contribution in [0.15, 0.2) is 21.7 Å². The van der Waals surface area contributed by atoms with Gasteiger partial charge in [0.15, 0.2) is 0 Å². The van der Waals surface area contributed by atoms with Gasteiger partial charge in [0.2, 0.25) is 0 Å². The molecule has 3 nitrogen and oxygen atoms in total. The molecule has 0 saturated carbocycles. The average molecular weight is 246 g/mol. The summed E-state index contributed by atoms with van der Waals surface area (Å²) in [6.45, 7) is 17.9. The Morgan fingerprint density at radius 3 is 1.73 bits per heavy atom. The van der Waals surface area contributed by atoms with Crippen LogP contribution in [0.25, 0.3) is 0 Å². The van der Waals surface area contributed by atoms with E-state index in [0.29, 0.717) is 0 Å². The first-order valence-electron chi connectivity index (χ1n) is 3.91. The van der Waals surface area contributed by atoms with Gasteiger partial charge >= 0.3 is 64.4 Å². The van der Waals surface area contributed by atoms with Gasteiger partial charge in [-0.15, -0.1) is 0 Å². The van der Waals surface area contributed by atoms with Crippen molar-refractivity contribution in [3.63, 3.8) is 0 Å². The largest absolute Gasteiger partial charge is 0.281 e. The van der Waals surface area contributed by atoms with Crippen LogP contribution in [0.1, 0.15) is 26.7 Å². The fraction of sp³-hybridized carbons (Fsp3) is 0.364. The van der Waals surface area contributed by atoms with E-state index in [1.54, 1.807) is 0 Å². The summed E-state index contributed by atoms with van der Waals surface area (Å²) in [5, 5.41) is 0. The van der Waals surface area contributed by atoms with E-state index in [-0.39, 0.29) is 0 Å². The second kappa shape index (κ2) is 15.5. The molecule has 0 saturated heterocycles. The number of allylic oxidation sites excluding steroid dienone is 4. The summed E-state index contributed by atoms with van der Waals surface area (Å²) in [7, 11) is 0. The summed E-state index contributed by atoms with van der Waals surface area (Å²) >= 11 is 3.51. The predicted octanol–water partition coefficient (Wildman–Crippen LogP) is 1.36. The van der Waals surface area contributed by atoms with Gasteiger partial charge in [-0.25, -0.2) is 0 Å². The number of carbonyl (C=O) groups excluding carboxylic acids is 3. The van der Waals surface area contributed by atoms with Crippen molar-refractivity contribution in [3.8, 4) is 0 Å². The maximum absolute atomic E-state index is 7.50. The van der Waals surface area contributed by atoms with Crippen molar-refractivity contribution in [3.05, 3.63) is 21.7 Å². The van der Waals surface area contributed by atoms with Crippen LogP contribution < -0.4 is 0 Å². The predicted molar refractivity (Wildman–Crippen MR) is 52.8 cm³/mol. The minimum absolute atomic E-state index is 1.11. The monoisotopic (exact) mass is 246 g/mol. The Kier molecular flexibility index (Phi) is 20.2. The molecule has 1 aliphatic carbocycles. The Morgan fingerprint density at radius 2 is 1.60 bits per heavy atom. The van der Waals surface area contributed by atoms with Crippen molar-refractivity contribution in [2.45, 2.75) is 26.7 Å². The Bertz CT molecular complexity index is 217. The standard InChI is InChI=1S/C8H11.3CO.Mn/c1-3-8-6-4-5-7(8)2;3*1-2;/h6H,3-4H2,1-2H3;;;;. The SMILES string of the molecule is CCC1=CC[C]([Mn])=C1C.[C]=O.[C]=O.[C]=O. The van der Waals surface area contributed by atoms with Crippen molar-refractivity contribution >= 4 is 20.4 Å². The van der Waals surface area contributed by atoms with E-state index < -0.39 is 0 Å². The Hall–Kier alpha value is -0.991. The Balaban J connectivity index is -0.000000208. The second-order valence-corrected chi connectivity index (χ2v) is 3.03. The quantitative estimate of drug-likeness (QED) is 0.656. The van der Waals surface area contributed by atoms with Crippen LogP contribution in [0.5, 0.6) is 0 Å². The van der Waals surface area contributed by atoms with E-state index in [4.69, 9.17) is 14.4 Å². The molecule has 0 heterocycles. The summed E-state index contributed by atoms with van der Waals surface area (Å²) < 4.78 is 1.36. The molecule has 6 radical (unpaired) electrons. The van der Waals surface area contributed by atoms with Crippen molar-refractivity contribution in [2.24, 2.45) is 0 Å². The van der Waals surface area contributed by atoms with Gasteiger partial charge in [-0.3, -0.25) is 14.4 Å². The molecule has 0 aliphatic heterocycles. The number of hydrogen-bond acceptors (Lipinski definition) is 3. The molecule has 0 unspecified atom stereocenters. The molecule has 0 aromatic carbocycles. The molecule has 1 aliphatic rings. The van der Waals surface area contributed by atoms with Gasteiger partial charge in [0, 0.05) is 0 Å². The third kappa shape index (κ3) is 8.03. The first-order chi connectivity index (χ1) is 7.25. The minimum Gasteiger partial charge on any atom is -0.281 e. The molecule has 15 heavy (non-hydrogen) atoms. The van der Waals surface area contributed by atoms with Crippen LogP contribution >= 0.6 is 0 Å². The number of hydrogen-bond donors (Lipinski definition) is 0. The molecule has 0 atom stereocenters. The fourth-order valence-corrected chi connectivity index (χ4v) is 1.41. The smallest absolute Gasteiger partial charge is 0.281 e. The van der Waals surface area contributed by atoms with Gasteiger partial charge in [-0.05, 0) is 0 Å². The molecule has 0 spiro atoms. The molecule has 0 amide bonds. The zero-order valence-corrected chi connectivity index (χ0v) is 9.77. The van der Waals surface area contributed by atoms with E-state index in [1.807, 2.05) is 0 Å². The maximum atomic E-state index is 7.50. The normalized spacial score (nSPS) is 12.1.